The fourth-order valence-electron chi connectivity index (χ4n) is 4.19. The van der Waals surface area contributed by atoms with Crippen LogP contribution < -0.4 is 0 Å². The number of nitrogens with zero attached hydrogens (tertiary/aromatic N) is 4. The molecule has 1 amide bonds. The van der Waals surface area contributed by atoms with Crippen LogP contribution in [-0.2, 0) is 4.74 Å². The highest BCUT2D eigenvalue weighted by molar-refractivity contribution is 6.06. The van der Waals surface area contributed by atoms with E-state index >= 15 is 0 Å². The third-order valence-electron chi connectivity index (χ3n) is 5.77. The second-order valence-electron chi connectivity index (χ2n) is 7.71. The third kappa shape index (κ3) is 3.54. The van der Waals surface area contributed by atoms with Crippen LogP contribution in [0.15, 0.2) is 33.4 Å². The summed E-state index contributed by atoms with van der Waals surface area (Å²) in [7, 11) is 0. The summed E-state index contributed by atoms with van der Waals surface area (Å²) in [5, 5.41) is 4.69. The van der Waals surface area contributed by atoms with Gasteiger partial charge in [0, 0.05) is 39.3 Å². The number of amides is 1. The molecule has 0 spiro atoms. The molecule has 1 unspecified atom stereocenters. The molecule has 152 valence electrons. The number of piperazine rings is 1. The van der Waals surface area contributed by atoms with E-state index in [-0.39, 0.29) is 5.91 Å². The molecule has 3 aromatic rings. The normalized spacial score (nSPS) is 20.6. The summed E-state index contributed by atoms with van der Waals surface area (Å²) < 4.78 is 16.6. The fraction of sp³-hybridized carbons (Fsp3) is 0.476. The molecule has 2 aliphatic heterocycles. The number of pyridine rings is 1. The first-order valence-corrected chi connectivity index (χ1v) is 10.1. The van der Waals surface area contributed by atoms with Gasteiger partial charge in [-0.25, -0.2) is 4.98 Å². The highest BCUT2D eigenvalue weighted by atomic mass is 16.5. The van der Waals surface area contributed by atoms with Crippen LogP contribution in [-0.4, -0.2) is 71.3 Å². The number of ether oxygens (including phenoxy) is 1. The molecule has 0 saturated carbocycles. The minimum Gasteiger partial charge on any atom is -0.463 e. The number of hydrogen-bond donors (Lipinski definition) is 0. The third-order valence-corrected chi connectivity index (χ3v) is 5.77. The maximum Gasteiger partial charge on any atom is 0.259 e. The number of aromatic nitrogens is 2. The zero-order valence-electron chi connectivity index (χ0n) is 16.5. The van der Waals surface area contributed by atoms with Crippen LogP contribution in [0.25, 0.3) is 22.6 Å². The standard InChI is InChI=1S/C21H24N4O4/c1-14-19-16(12-17(18-5-3-11-28-18)22-20(19)29-23-14)21(26)25-8-6-24(7-9-25)13-15-4-2-10-27-15/h3,5,11-12,15H,2,4,6-10,13H2,1H3. The molecule has 2 aliphatic rings. The number of carbonyl (C=O) groups excluding carboxylic acids is 1. The zero-order chi connectivity index (χ0) is 19.8. The summed E-state index contributed by atoms with van der Waals surface area (Å²) in [6.07, 6.45) is 4.21. The molecule has 0 aliphatic carbocycles. The monoisotopic (exact) mass is 396 g/mol. The molecule has 8 nitrogen and oxygen atoms in total. The van der Waals surface area contributed by atoms with Crippen molar-refractivity contribution in [2.75, 3.05) is 39.3 Å². The lowest BCUT2D eigenvalue weighted by atomic mass is 10.1. The van der Waals surface area contributed by atoms with E-state index < -0.39 is 0 Å². The van der Waals surface area contributed by atoms with E-state index in [0.29, 0.717) is 53.0 Å². The van der Waals surface area contributed by atoms with Crippen LogP contribution in [0.3, 0.4) is 0 Å². The zero-order valence-corrected chi connectivity index (χ0v) is 16.5. The highest BCUT2D eigenvalue weighted by Crippen LogP contribution is 2.28. The molecule has 0 N–H and O–H groups in total. The van der Waals surface area contributed by atoms with Gasteiger partial charge in [0.05, 0.1) is 29.0 Å². The molecule has 0 bridgehead atoms. The Labute approximate surface area is 168 Å². The molecule has 0 radical (unpaired) electrons. The number of fused-ring (bicyclic) bond motifs is 1. The van der Waals surface area contributed by atoms with Crippen molar-refractivity contribution in [1.82, 2.24) is 19.9 Å². The van der Waals surface area contributed by atoms with Crippen LogP contribution in [0.5, 0.6) is 0 Å². The maximum atomic E-state index is 13.4. The Morgan fingerprint density at radius 1 is 1.28 bits per heavy atom. The van der Waals surface area contributed by atoms with E-state index in [1.807, 2.05) is 17.9 Å². The van der Waals surface area contributed by atoms with Crippen molar-refractivity contribution < 1.29 is 18.5 Å². The van der Waals surface area contributed by atoms with Gasteiger partial charge in [-0.3, -0.25) is 9.69 Å². The summed E-state index contributed by atoms with van der Waals surface area (Å²) in [6, 6.07) is 5.39. The molecule has 2 saturated heterocycles. The molecule has 1 atom stereocenters. The molecule has 5 rings (SSSR count). The quantitative estimate of drug-likeness (QED) is 0.670. The van der Waals surface area contributed by atoms with E-state index in [0.717, 1.165) is 39.1 Å². The summed E-state index contributed by atoms with van der Waals surface area (Å²) in [5.41, 5.74) is 2.15. The molecule has 0 aromatic carbocycles. The van der Waals surface area contributed by atoms with Gasteiger partial charge in [-0.05, 0) is 38.0 Å². The molecular formula is C21H24N4O4. The topological polar surface area (TPSA) is 84.8 Å². The molecule has 8 heteroatoms. The molecule has 3 aromatic heterocycles. The van der Waals surface area contributed by atoms with E-state index in [1.54, 1.807) is 18.4 Å². The van der Waals surface area contributed by atoms with Gasteiger partial charge < -0.3 is 18.6 Å². The minimum atomic E-state index is -0.0201. The van der Waals surface area contributed by atoms with Gasteiger partial charge in [0.15, 0.2) is 5.76 Å². The first-order chi connectivity index (χ1) is 14.2. The Kier molecular flexibility index (Phi) is 4.81. The second kappa shape index (κ2) is 7.61. The van der Waals surface area contributed by atoms with Crippen molar-refractivity contribution in [3.63, 3.8) is 0 Å². The van der Waals surface area contributed by atoms with Crippen LogP contribution >= 0.6 is 0 Å². The van der Waals surface area contributed by atoms with Crippen molar-refractivity contribution in [2.45, 2.75) is 25.9 Å². The number of rotatable bonds is 4. The Morgan fingerprint density at radius 2 is 2.14 bits per heavy atom. The number of aryl methyl sites for hydroxylation is 1. The van der Waals surface area contributed by atoms with E-state index in [4.69, 9.17) is 13.7 Å². The first-order valence-electron chi connectivity index (χ1n) is 10.1. The number of furan rings is 1. The lowest BCUT2D eigenvalue weighted by molar-refractivity contribution is 0.0433. The van der Waals surface area contributed by atoms with Crippen LogP contribution in [0.1, 0.15) is 28.9 Å². The van der Waals surface area contributed by atoms with Crippen LogP contribution in [0.4, 0.5) is 0 Å². The van der Waals surface area contributed by atoms with Crippen molar-refractivity contribution >= 4 is 17.0 Å². The van der Waals surface area contributed by atoms with E-state index in [9.17, 15) is 4.79 Å². The fourth-order valence-corrected chi connectivity index (χ4v) is 4.19. The predicted molar refractivity (Wildman–Crippen MR) is 106 cm³/mol. The SMILES string of the molecule is Cc1noc2nc(-c3ccco3)cc(C(=O)N3CCN(CC4CCCO4)CC3)c12. The lowest BCUT2D eigenvalue weighted by Gasteiger charge is -2.35. The van der Waals surface area contributed by atoms with Gasteiger partial charge in [-0.15, -0.1) is 0 Å². The van der Waals surface area contributed by atoms with Crippen LogP contribution in [0.2, 0.25) is 0 Å². The largest absolute Gasteiger partial charge is 0.463 e. The van der Waals surface area contributed by atoms with E-state index in [2.05, 4.69) is 15.0 Å². The lowest BCUT2D eigenvalue weighted by Crippen LogP contribution is -2.50. The molecular weight excluding hydrogens is 372 g/mol. The number of hydrogen-bond acceptors (Lipinski definition) is 7. The maximum absolute atomic E-state index is 13.4. The first kappa shape index (κ1) is 18.3. The van der Waals surface area contributed by atoms with E-state index in [1.165, 1.54) is 0 Å². The summed E-state index contributed by atoms with van der Waals surface area (Å²) in [5.74, 6) is 0.574. The van der Waals surface area contributed by atoms with Crippen molar-refractivity contribution in [2.24, 2.45) is 0 Å². The van der Waals surface area contributed by atoms with Crippen molar-refractivity contribution in [3.05, 3.63) is 35.7 Å². The smallest absolute Gasteiger partial charge is 0.259 e. The molecule has 29 heavy (non-hydrogen) atoms. The van der Waals surface area contributed by atoms with Gasteiger partial charge >= 0.3 is 0 Å². The average molecular weight is 396 g/mol. The average Bonchev–Trinajstić information content (AvgIpc) is 3.50. The second-order valence-corrected chi connectivity index (χ2v) is 7.71. The van der Waals surface area contributed by atoms with Gasteiger partial charge in [-0.1, -0.05) is 5.16 Å². The highest BCUT2D eigenvalue weighted by Gasteiger charge is 2.28. The Morgan fingerprint density at radius 3 is 2.86 bits per heavy atom. The molecule has 5 heterocycles. The summed E-state index contributed by atoms with van der Waals surface area (Å²) >= 11 is 0. The Bertz CT molecular complexity index is 999. The number of carbonyl (C=O) groups is 1. The van der Waals surface area contributed by atoms with Gasteiger partial charge in [0.2, 0.25) is 0 Å². The minimum absolute atomic E-state index is 0.0201. The van der Waals surface area contributed by atoms with Crippen molar-refractivity contribution in [1.29, 1.82) is 0 Å². The van der Waals surface area contributed by atoms with Gasteiger partial charge in [0.1, 0.15) is 5.69 Å². The van der Waals surface area contributed by atoms with Gasteiger partial charge in [-0.2, -0.15) is 0 Å². The van der Waals surface area contributed by atoms with Gasteiger partial charge in [0.25, 0.3) is 11.6 Å². The Balaban J connectivity index is 1.37. The summed E-state index contributed by atoms with van der Waals surface area (Å²) in [4.78, 5) is 22.2. The van der Waals surface area contributed by atoms with Crippen molar-refractivity contribution in [3.8, 4) is 11.5 Å². The van der Waals surface area contributed by atoms with Crippen LogP contribution in [0, 0.1) is 6.92 Å². The summed E-state index contributed by atoms with van der Waals surface area (Å²) in [6.45, 7) is 6.75. The molecule has 2 fully saturated rings. The Hall–Kier alpha value is -2.71. The predicted octanol–water partition coefficient (Wildman–Crippen LogP) is 2.73.